The van der Waals surface area contributed by atoms with E-state index in [1.165, 1.54) is 32.4 Å². The maximum absolute atomic E-state index is 6.05. The third-order valence-electron chi connectivity index (χ3n) is 4.96. The van der Waals surface area contributed by atoms with E-state index in [9.17, 15) is 0 Å². The Bertz CT molecular complexity index is 1400. The summed E-state index contributed by atoms with van der Waals surface area (Å²) in [5, 5.41) is 7.29. The Kier molecular flexibility index (Phi) is 2.12. The zero-order valence-electron chi connectivity index (χ0n) is 12.8. The quantitative estimate of drug-likeness (QED) is 0.347. The van der Waals surface area contributed by atoms with Gasteiger partial charge in [0.2, 0.25) is 0 Å². The van der Waals surface area contributed by atoms with Crippen LogP contribution in [0.4, 0.5) is 0 Å². The third-order valence-corrected chi connectivity index (χ3v) is 4.96. The topological polar surface area (TPSA) is 28.9 Å². The van der Waals surface area contributed by atoms with Crippen LogP contribution >= 0.6 is 0 Å². The minimum atomic E-state index is 0.940. The van der Waals surface area contributed by atoms with Crippen LogP contribution in [0, 0.1) is 0 Å². The van der Waals surface area contributed by atoms with E-state index in [1.54, 1.807) is 0 Å². The van der Waals surface area contributed by atoms with Crippen LogP contribution in [0.25, 0.3) is 54.5 Å². The second-order valence-corrected chi connectivity index (χ2v) is 6.36. The van der Waals surface area contributed by atoms with Gasteiger partial charge in [-0.1, -0.05) is 42.5 Å². The molecule has 0 amide bonds. The van der Waals surface area contributed by atoms with Crippen LogP contribution in [-0.4, -0.2) is 4.98 Å². The van der Waals surface area contributed by atoms with Crippen LogP contribution in [-0.2, 0) is 0 Å². The van der Waals surface area contributed by atoms with Gasteiger partial charge < -0.3 is 9.40 Å². The van der Waals surface area contributed by atoms with E-state index in [-0.39, 0.29) is 0 Å². The fourth-order valence-electron chi connectivity index (χ4n) is 3.81. The zero-order valence-corrected chi connectivity index (χ0v) is 12.8. The van der Waals surface area contributed by atoms with Crippen molar-refractivity contribution in [3.63, 3.8) is 0 Å². The van der Waals surface area contributed by atoms with Crippen molar-refractivity contribution in [2.45, 2.75) is 0 Å². The largest absolute Gasteiger partial charge is 0.456 e. The first kappa shape index (κ1) is 12.2. The zero-order chi connectivity index (χ0) is 15.7. The molecule has 0 spiro atoms. The maximum atomic E-state index is 6.05. The third kappa shape index (κ3) is 1.50. The molecular weight excluding hydrogens is 294 g/mol. The average molecular weight is 307 g/mol. The average Bonchev–Trinajstić information content (AvgIpc) is 3.15. The molecule has 24 heavy (non-hydrogen) atoms. The highest BCUT2D eigenvalue weighted by Gasteiger charge is 2.11. The SMILES string of the molecule is c1ccc2cc3c(cc2c1)[nH]c1cc2c(cc13)oc1ccccc12. The number of aromatic nitrogens is 1. The van der Waals surface area contributed by atoms with Crippen molar-refractivity contribution >= 4 is 54.5 Å². The van der Waals surface area contributed by atoms with Crippen molar-refractivity contribution in [1.29, 1.82) is 0 Å². The minimum Gasteiger partial charge on any atom is -0.456 e. The van der Waals surface area contributed by atoms with Crippen LogP contribution in [0.3, 0.4) is 0 Å². The number of hydrogen-bond donors (Lipinski definition) is 1. The molecule has 0 radical (unpaired) electrons. The molecule has 0 saturated carbocycles. The van der Waals surface area contributed by atoms with Gasteiger partial charge in [0.05, 0.1) is 0 Å². The first-order chi connectivity index (χ1) is 11.9. The van der Waals surface area contributed by atoms with Gasteiger partial charge in [-0.15, -0.1) is 0 Å². The van der Waals surface area contributed by atoms with Crippen molar-refractivity contribution in [3.8, 4) is 0 Å². The van der Waals surface area contributed by atoms with Crippen LogP contribution in [0.5, 0.6) is 0 Å². The summed E-state index contributed by atoms with van der Waals surface area (Å²) in [5.41, 5.74) is 4.20. The molecule has 0 aliphatic carbocycles. The molecule has 2 heterocycles. The van der Waals surface area contributed by atoms with E-state index < -0.39 is 0 Å². The van der Waals surface area contributed by atoms with Gasteiger partial charge >= 0.3 is 0 Å². The Morgan fingerprint density at radius 2 is 1.25 bits per heavy atom. The monoisotopic (exact) mass is 307 g/mol. The van der Waals surface area contributed by atoms with Gasteiger partial charge in [0.1, 0.15) is 11.2 Å². The molecule has 6 aromatic rings. The van der Waals surface area contributed by atoms with E-state index in [4.69, 9.17) is 4.42 Å². The van der Waals surface area contributed by atoms with E-state index in [0.717, 1.165) is 22.1 Å². The number of aromatic amines is 1. The van der Waals surface area contributed by atoms with E-state index >= 15 is 0 Å². The number of para-hydroxylation sites is 1. The smallest absolute Gasteiger partial charge is 0.136 e. The maximum Gasteiger partial charge on any atom is 0.136 e. The number of rotatable bonds is 0. The summed E-state index contributed by atoms with van der Waals surface area (Å²) < 4.78 is 6.05. The fraction of sp³-hybridized carbons (Fsp3) is 0. The normalized spacial score (nSPS) is 12.2. The van der Waals surface area contributed by atoms with Crippen molar-refractivity contribution < 1.29 is 4.42 Å². The Morgan fingerprint density at radius 1 is 0.542 bits per heavy atom. The standard InChI is InChI=1S/C22H13NO/c1-2-6-14-10-19-16(9-13(14)5-1)17-12-22-18(11-20(17)23-19)15-7-3-4-8-21(15)24-22/h1-12,23H. The van der Waals surface area contributed by atoms with Crippen LogP contribution in [0.1, 0.15) is 0 Å². The molecule has 6 rings (SSSR count). The van der Waals surface area contributed by atoms with Crippen molar-refractivity contribution in [2.75, 3.05) is 0 Å². The predicted octanol–water partition coefficient (Wildman–Crippen LogP) is 6.37. The molecule has 0 saturated heterocycles. The van der Waals surface area contributed by atoms with E-state index in [2.05, 4.69) is 65.6 Å². The van der Waals surface area contributed by atoms with E-state index in [0.29, 0.717) is 0 Å². The van der Waals surface area contributed by atoms with Crippen LogP contribution < -0.4 is 0 Å². The summed E-state index contributed by atoms with van der Waals surface area (Å²) in [6, 6.07) is 25.5. The first-order valence-corrected chi connectivity index (χ1v) is 8.12. The molecule has 4 aromatic carbocycles. The van der Waals surface area contributed by atoms with Crippen LogP contribution in [0.15, 0.2) is 77.2 Å². The second-order valence-electron chi connectivity index (χ2n) is 6.36. The summed E-state index contributed by atoms with van der Waals surface area (Å²) in [4.78, 5) is 3.58. The molecule has 0 bridgehead atoms. The molecule has 2 aromatic heterocycles. The van der Waals surface area contributed by atoms with Gasteiger partial charge in [-0.25, -0.2) is 0 Å². The molecule has 0 aliphatic rings. The number of H-pyrrole nitrogens is 1. The van der Waals surface area contributed by atoms with Gasteiger partial charge in [-0.2, -0.15) is 0 Å². The lowest BCUT2D eigenvalue weighted by molar-refractivity contribution is 0.669. The number of furan rings is 1. The molecular formula is C22H13NO. The molecule has 0 unspecified atom stereocenters. The Balaban J connectivity index is 1.81. The van der Waals surface area contributed by atoms with Crippen LogP contribution in [0.2, 0.25) is 0 Å². The molecule has 0 aliphatic heterocycles. The second kappa shape index (κ2) is 4.18. The summed E-state index contributed by atoms with van der Waals surface area (Å²) in [6.45, 7) is 0. The molecule has 1 N–H and O–H groups in total. The van der Waals surface area contributed by atoms with Gasteiger partial charge in [0.15, 0.2) is 0 Å². The lowest BCUT2D eigenvalue weighted by atomic mass is 10.1. The molecule has 2 nitrogen and oxygen atoms in total. The van der Waals surface area contributed by atoms with Crippen molar-refractivity contribution in [3.05, 3.63) is 72.8 Å². The van der Waals surface area contributed by atoms with Gasteiger partial charge in [0, 0.05) is 32.6 Å². The molecule has 2 heteroatoms. The highest BCUT2D eigenvalue weighted by Crippen LogP contribution is 2.36. The number of hydrogen-bond acceptors (Lipinski definition) is 1. The summed E-state index contributed by atoms with van der Waals surface area (Å²) >= 11 is 0. The number of benzene rings is 4. The molecule has 0 fully saturated rings. The number of fused-ring (bicyclic) bond motifs is 7. The molecule has 0 atom stereocenters. The van der Waals surface area contributed by atoms with Crippen molar-refractivity contribution in [2.24, 2.45) is 0 Å². The summed E-state index contributed by atoms with van der Waals surface area (Å²) in [7, 11) is 0. The van der Waals surface area contributed by atoms with Gasteiger partial charge in [0.25, 0.3) is 0 Å². The summed E-state index contributed by atoms with van der Waals surface area (Å²) in [5.74, 6) is 0. The highest BCUT2D eigenvalue weighted by atomic mass is 16.3. The predicted molar refractivity (Wildman–Crippen MR) is 101 cm³/mol. The lowest BCUT2D eigenvalue weighted by Crippen LogP contribution is -1.72. The van der Waals surface area contributed by atoms with Gasteiger partial charge in [-0.3, -0.25) is 0 Å². The Hall–Kier alpha value is -3.26. The number of nitrogens with one attached hydrogen (secondary N) is 1. The summed E-state index contributed by atoms with van der Waals surface area (Å²) in [6.07, 6.45) is 0. The lowest BCUT2D eigenvalue weighted by Gasteiger charge is -1.98. The molecule has 112 valence electrons. The van der Waals surface area contributed by atoms with E-state index in [1.807, 2.05) is 12.1 Å². The van der Waals surface area contributed by atoms with Gasteiger partial charge in [-0.05, 0) is 41.1 Å². The van der Waals surface area contributed by atoms with Crippen molar-refractivity contribution in [1.82, 2.24) is 4.98 Å². The minimum absolute atomic E-state index is 0.940. The fourth-order valence-corrected chi connectivity index (χ4v) is 3.81. The first-order valence-electron chi connectivity index (χ1n) is 8.12. The Morgan fingerprint density at radius 3 is 2.17 bits per heavy atom. The Labute approximate surface area is 137 Å². The highest BCUT2D eigenvalue weighted by molar-refractivity contribution is 6.17.